The van der Waals surface area contributed by atoms with Gasteiger partial charge < -0.3 is 33.3 Å². The van der Waals surface area contributed by atoms with Gasteiger partial charge in [0.1, 0.15) is 12.4 Å². The molecule has 1 atom stereocenters. The topological polar surface area (TPSA) is 92.8 Å². The molecule has 3 aromatic rings. The van der Waals surface area contributed by atoms with Crippen LogP contribution in [0.15, 0.2) is 54.6 Å². The van der Waals surface area contributed by atoms with Gasteiger partial charge in [-0.25, -0.2) is 4.79 Å². The SMILES string of the molecule is CCOC(=O)c1ccc(OC[C@@H]2c3cc(OC)c(OC)cc3CCN2C(=O)c2ccc(OC)c(OC)c2)cc1. The Morgan fingerprint density at radius 2 is 1.41 bits per heavy atom. The lowest BCUT2D eigenvalue weighted by molar-refractivity contribution is 0.0524. The van der Waals surface area contributed by atoms with E-state index in [-0.39, 0.29) is 12.5 Å². The number of rotatable bonds is 10. The molecule has 9 nitrogen and oxygen atoms in total. The quantitative estimate of drug-likeness (QED) is 0.345. The highest BCUT2D eigenvalue weighted by molar-refractivity contribution is 5.95. The van der Waals surface area contributed by atoms with Crippen LogP contribution < -0.4 is 23.7 Å². The molecule has 0 bridgehead atoms. The van der Waals surface area contributed by atoms with Crippen LogP contribution in [-0.2, 0) is 11.2 Å². The number of ether oxygens (including phenoxy) is 6. The maximum atomic E-state index is 13.8. The highest BCUT2D eigenvalue weighted by Gasteiger charge is 2.33. The molecule has 9 heteroatoms. The van der Waals surface area contributed by atoms with Crippen molar-refractivity contribution in [2.75, 3.05) is 48.2 Å². The average Bonchev–Trinajstić information content (AvgIpc) is 2.98. The first kappa shape index (κ1) is 27.6. The van der Waals surface area contributed by atoms with Crippen molar-refractivity contribution in [3.05, 3.63) is 76.9 Å². The minimum Gasteiger partial charge on any atom is -0.493 e. The number of carbonyl (C=O) groups is 2. The van der Waals surface area contributed by atoms with Crippen molar-refractivity contribution < 1.29 is 38.0 Å². The van der Waals surface area contributed by atoms with Crippen molar-refractivity contribution in [1.29, 1.82) is 0 Å². The zero-order valence-electron chi connectivity index (χ0n) is 22.8. The second-order valence-electron chi connectivity index (χ2n) is 8.80. The van der Waals surface area contributed by atoms with E-state index in [1.54, 1.807) is 75.6 Å². The van der Waals surface area contributed by atoms with E-state index in [9.17, 15) is 9.59 Å². The van der Waals surface area contributed by atoms with Crippen molar-refractivity contribution in [1.82, 2.24) is 4.90 Å². The van der Waals surface area contributed by atoms with E-state index in [2.05, 4.69) is 0 Å². The molecular weight excluding hydrogens is 502 g/mol. The molecule has 1 aliphatic heterocycles. The van der Waals surface area contributed by atoms with E-state index in [0.29, 0.717) is 59.4 Å². The molecule has 0 saturated heterocycles. The van der Waals surface area contributed by atoms with Gasteiger partial charge >= 0.3 is 5.97 Å². The molecular formula is C30H33NO8. The van der Waals surface area contributed by atoms with Crippen LogP contribution in [0.3, 0.4) is 0 Å². The number of hydrogen-bond donors (Lipinski definition) is 0. The highest BCUT2D eigenvalue weighted by atomic mass is 16.5. The lowest BCUT2D eigenvalue weighted by atomic mass is 9.91. The summed E-state index contributed by atoms with van der Waals surface area (Å²) in [5.41, 5.74) is 2.88. The van der Waals surface area contributed by atoms with Gasteiger partial charge in [-0.15, -0.1) is 0 Å². The Balaban J connectivity index is 1.66. The van der Waals surface area contributed by atoms with Gasteiger partial charge in [0.2, 0.25) is 0 Å². The molecule has 1 amide bonds. The normalized spacial score (nSPS) is 14.2. The summed E-state index contributed by atoms with van der Waals surface area (Å²) in [4.78, 5) is 27.6. The van der Waals surface area contributed by atoms with Crippen LogP contribution in [-0.4, -0.2) is 65.0 Å². The number of benzene rings is 3. The summed E-state index contributed by atoms with van der Waals surface area (Å²) >= 11 is 0. The van der Waals surface area contributed by atoms with Gasteiger partial charge in [0.05, 0.1) is 46.7 Å². The molecule has 0 radical (unpaired) electrons. The van der Waals surface area contributed by atoms with Crippen LogP contribution in [0.5, 0.6) is 28.7 Å². The zero-order chi connectivity index (χ0) is 27.9. The van der Waals surface area contributed by atoms with Crippen molar-refractivity contribution >= 4 is 11.9 Å². The van der Waals surface area contributed by atoms with Crippen LogP contribution in [0.2, 0.25) is 0 Å². The third-order valence-electron chi connectivity index (χ3n) is 6.67. The minimum absolute atomic E-state index is 0.164. The Morgan fingerprint density at radius 3 is 2.05 bits per heavy atom. The van der Waals surface area contributed by atoms with Crippen LogP contribution in [0.4, 0.5) is 0 Å². The number of fused-ring (bicyclic) bond motifs is 1. The van der Waals surface area contributed by atoms with E-state index in [0.717, 1.165) is 11.1 Å². The Bertz CT molecular complexity index is 1320. The summed E-state index contributed by atoms with van der Waals surface area (Å²) in [5.74, 6) is 2.23. The summed E-state index contributed by atoms with van der Waals surface area (Å²) in [6, 6.07) is 15.3. The van der Waals surface area contributed by atoms with E-state index >= 15 is 0 Å². The van der Waals surface area contributed by atoms with Crippen LogP contribution in [0, 0.1) is 0 Å². The fraction of sp³-hybridized carbons (Fsp3) is 0.333. The van der Waals surface area contributed by atoms with Gasteiger partial charge in [-0.2, -0.15) is 0 Å². The van der Waals surface area contributed by atoms with Crippen LogP contribution in [0.25, 0.3) is 0 Å². The number of hydrogen-bond acceptors (Lipinski definition) is 8. The third kappa shape index (κ3) is 5.87. The largest absolute Gasteiger partial charge is 0.493 e. The Labute approximate surface area is 228 Å². The van der Waals surface area contributed by atoms with Crippen molar-refractivity contribution in [2.45, 2.75) is 19.4 Å². The molecule has 1 aliphatic rings. The molecule has 0 aromatic heterocycles. The van der Waals surface area contributed by atoms with Gasteiger partial charge in [-0.3, -0.25) is 4.79 Å². The monoisotopic (exact) mass is 535 g/mol. The fourth-order valence-corrected chi connectivity index (χ4v) is 4.66. The molecule has 0 saturated carbocycles. The van der Waals surface area contributed by atoms with Gasteiger partial charge in [-0.1, -0.05) is 0 Å². The molecule has 0 aliphatic carbocycles. The van der Waals surface area contributed by atoms with E-state index in [4.69, 9.17) is 28.4 Å². The first-order chi connectivity index (χ1) is 18.9. The molecule has 39 heavy (non-hydrogen) atoms. The highest BCUT2D eigenvalue weighted by Crippen LogP contribution is 2.39. The zero-order valence-corrected chi connectivity index (χ0v) is 22.8. The molecule has 4 rings (SSSR count). The summed E-state index contributed by atoms with van der Waals surface area (Å²) in [7, 11) is 6.26. The fourth-order valence-electron chi connectivity index (χ4n) is 4.66. The number of nitrogens with zero attached hydrogens (tertiary/aromatic N) is 1. The Hall–Kier alpha value is -4.40. The summed E-state index contributed by atoms with van der Waals surface area (Å²) < 4.78 is 33.0. The predicted octanol–water partition coefficient (Wildman–Crippen LogP) is 4.72. The number of esters is 1. The number of carbonyl (C=O) groups excluding carboxylic acids is 2. The van der Waals surface area contributed by atoms with E-state index in [1.807, 2.05) is 12.1 Å². The molecule has 0 N–H and O–H groups in total. The molecule has 0 spiro atoms. The van der Waals surface area contributed by atoms with Gasteiger partial charge in [-0.05, 0) is 79.1 Å². The van der Waals surface area contributed by atoms with Gasteiger partial charge in [0, 0.05) is 12.1 Å². The molecule has 0 unspecified atom stereocenters. The lowest BCUT2D eigenvalue weighted by Gasteiger charge is -2.37. The smallest absolute Gasteiger partial charge is 0.338 e. The molecule has 206 valence electrons. The van der Waals surface area contributed by atoms with E-state index < -0.39 is 12.0 Å². The van der Waals surface area contributed by atoms with Gasteiger partial charge in [0.25, 0.3) is 5.91 Å². The standard InChI is InChI=1S/C30H33NO8/c1-6-38-30(33)19-7-10-22(11-8-19)39-18-24-23-17-28(37-5)27(36-4)15-20(23)13-14-31(24)29(32)21-9-12-25(34-2)26(16-21)35-3/h7-12,15-17,24H,6,13-14,18H2,1-5H3/t24-/m1/s1. The number of amides is 1. The molecule has 0 fully saturated rings. The lowest BCUT2D eigenvalue weighted by Crippen LogP contribution is -2.42. The van der Waals surface area contributed by atoms with Crippen LogP contribution in [0.1, 0.15) is 44.8 Å². The maximum absolute atomic E-state index is 13.8. The van der Waals surface area contributed by atoms with Crippen molar-refractivity contribution in [2.24, 2.45) is 0 Å². The Morgan fingerprint density at radius 1 is 0.795 bits per heavy atom. The second-order valence-corrected chi connectivity index (χ2v) is 8.80. The Kier molecular flexibility index (Phi) is 8.81. The van der Waals surface area contributed by atoms with Gasteiger partial charge in [0.15, 0.2) is 23.0 Å². The third-order valence-corrected chi connectivity index (χ3v) is 6.67. The van der Waals surface area contributed by atoms with Crippen molar-refractivity contribution in [3.63, 3.8) is 0 Å². The minimum atomic E-state index is -0.418. The summed E-state index contributed by atoms with van der Waals surface area (Å²) in [6.07, 6.45) is 0.638. The molecule has 1 heterocycles. The maximum Gasteiger partial charge on any atom is 0.338 e. The second kappa shape index (κ2) is 12.4. The first-order valence-electron chi connectivity index (χ1n) is 12.6. The predicted molar refractivity (Wildman–Crippen MR) is 144 cm³/mol. The summed E-state index contributed by atoms with van der Waals surface area (Å²) in [5, 5.41) is 0. The average molecular weight is 536 g/mol. The van der Waals surface area contributed by atoms with E-state index in [1.165, 1.54) is 7.11 Å². The van der Waals surface area contributed by atoms with Crippen molar-refractivity contribution in [3.8, 4) is 28.7 Å². The van der Waals surface area contributed by atoms with Crippen LogP contribution >= 0.6 is 0 Å². The summed E-state index contributed by atoms with van der Waals surface area (Å²) in [6.45, 7) is 2.72. The number of methoxy groups -OCH3 is 4. The molecule has 3 aromatic carbocycles. The first-order valence-corrected chi connectivity index (χ1v) is 12.6.